The highest BCUT2D eigenvalue weighted by molar-refractivity contribution is 5.89. The monoisotopic (exact) mass is 218 g/mol. The van der Waals surface area contributed by atoms with Gasteiger partial charge in [0.25, 0.3) is 0 Å². The summed E-state index contributed by atoms with van der Waals surface area (Å²) in [7, 11) is 0. The fourth-order valence-corrected chi connectivity index (χ4v) is 1.63. The first-order valence-corrected chi connectivity index (χ1v) is 5.31. The van der Waals surface area contributed by atoms with Crippen molar-refractivity contribution >= 4 is 5.97 Å². The van der Waals surface area contributed by atoms with E-state index in [0.29, 0.717) is 31.0 Å². The first kappa shape index (κ1) is 10.7. The van der Waals surface area contributed by atoms with Crippen molar-refractivity contribution in [3.63, 3.8) is 0 Å². The molecular weight excluding hydrogens is 204 g/mol. The number of hydrogen-bond donors (Lipinski definition) is 0. The summed E-state index contributed by atoms with van der Waals surface area (Å²) in [6.45, 7) is 2.70. The van der Waals surface area contributed by atoms with Crippen molar-refractivity contribution in [1.29, 1.82) is 0 Å². The Balaban J connectivity index is 1.92. The Labute approximate surface area is 94.7 Å². The minimum atomic E-state index is -0.265. The molecule has 1 aliphatic rings. The van der Waals surface area contributed by atoms with Crippen LogP contribution in [0.3, 0.4) is 0 Å². The van der Waals surface area contributed by atoms with E-state index in [0.717, 1.165) is 5.56 Å². The number of ether oxygens (including phenoxy) is 2. The van der Waals surface area contributed by atoms with Gasteiger partial charge in [-0.3, -0.25) is 0 Å². The van der Waals surface area contributed by atoms with Crippen molar-refractivity contribution in [3.8, 4) is 0 Å². The van der Waals surface area contributed by atoms with Crippen LogP contribution >= 0.6 is 0 Å². The fraction of sp³-hybridized carbons (Fsp3) is 0.308. The zero-order valence-electron chi connectivity index (χ0n) is 9.23. The average Bonchev–Trinajstić information content (AvgIpc) is 2.74. The second-order valence-electron chi connectivity index (χ2n) is 3.69. The normalized spacial score (nSPS) is 14.8. The summed E-state index contributed by atoms with van der Waals surface area (Å²) < 4.78 is 10.4. The molecule has 3 nitrogen and oxygen atoms in total. The van der Waals surface area contributed by atoms with Gasteiger partial charge in [-0.15, -0.1) is 0 Å². The van der Waals surface area contributed by atoms with Gasteiger partial charge in [0, 0.05) is 6.42 Å². The maximum atomic E-state index is 11.7. The first-order valence-electron chi connectivity index (χ1n) is 5.31. The van der Waals surface area contributed by atoms with Crippen molar-refractivity contribution in [2.45, 2.75) is 20.0 Å². The van der Waals surface area contributed by atoms with Gasteiger partial charge in [-0.1, -0.05) is 30.3 Å². The van der Waals surface area contributed by atoms with Gasteiger partial charge in [-0.2, -0.15) is 0 Å². The van der Waals surface area contributed by atoms with E-state index in [1.165, 1.54) is 0 Å². The molecule has 0 saturated heterocycles. The zero-order chi connectivity index (χ0) is 11.4. The van der Waals surface area contributed by atoms with Crippen LogP contribution in [0.5, 0.6) is 0 Å². The summed E-state index contributed by atoms with van der Waals surface area (Å²) in [5, 5.41) is 0. The van der Waals surface area contributed by atoms with Crippen molar-refractivity contribution in [2.24, 2.45) is 0 Å². The van der Waals surface area contributed by atoms with Crippen molar-refractivity contribution in [1.82, 2.24) is 0 Å². The van der Waals surface area contributed by atoms with Gasteiger partial charge in [-0.25, -0.2) is 4.79 Å². The van der Waals surface area contributed by atoms with E-state index < -0.39 is 0 Å². The highest BCUT2D eigenvalue weighted by atomic mass is 16.5. The Morgan fingerprint density at radius 2 is 2.12 bits per heavy atom. The topological polar surface area (TPSA) is 35.5 Å². The molecule has 0 unspecified atom stereocenters. The molecule has 2 rings (SSSR count). The summed E-state index contributed by atoms with van der Waals surface area (Å²) in [5.41, 5.74) is 1.66. The summed E-state index contributed by atoms with van der Waals surface area (Å²) in [4.78, 5) is 11.7. The Bertz CT molecular complexity index is 406. The largest absolute Gasteiger partial charge is 0.497 e. The number of rotatable bonds is 3. The van der Waals surface area contributed by atoms with Gasteiger partial charge in [0.1, 0.15) is 12.4 Å². The lowest BCUT2D eigenvalue weighted by atomic mass is 10.2. The molecule has 0 fully saturated rings. The zero-order valence-corrected chi connectivity index (χ0v) is 9.23. The van der Waals surface area contributed by atoms with E-state index in [1.54, 1.807) is 6.92 Å². The van der Waals surface area contributed by atoms with E-state index in [2.05, 4.69) is 0 Å². The maximum Gasteiger partial charge on any atom is 0.337 e. The highest BCUT2D eigenvalue weighted by Crippen LogP contribution is 2.20. The van der Waals surface area contributed by atoms with E-state index >= 15 is 0 Å². The number of esters is 1. The van der Waals surface area contributed by atoms with Crippen LogP contribution in [0.25, 0.3) is 0 Å². The van der Waals surface area contributed by atoms with Crippen LogP contribution in [0.2, 0.25) is 0 Å². The van der Waals surface area contributed by atoms with Gasteiger partial charge in [0.15, 0.2) is 0 Å². The smallest absolute Gasteiger partial charge is 0.337 e. The van der Waals surface area contributed by atoms with Crippen LogP contribution in [-0.4, -0.2) is 12.6 Å². The molecule has 1 aromatic rings. The van der Waals surface area contributed by atoms with Crippen LogP contribution in [0.4, 0.5) is 0 Å². The number of hydrogen-bond acceptors (Lipinski definition) is 3. The molecule has 0 amide bonds. The molecular formula is C13H14O3. The van der Waals surface area contributed by atoms with Crippen molar-refractivity contribution < 1.29 is 14.3 Å². The Morgan fingerprint density at radius 3 is 2.75 bits per heavy atom. The van der Waals surface area contributed by atoms with Gasteiger partial charge in [0.2, 0.25) is 0 Å². The molecule has 0 saturated carbocycles. The summed E-state index contributed by atoms with van der Waals surface area (Å²) >= 11 is 0. The Kier molecular flexibility index (Phi) is 3.25. The fourth-order valence-electron chi connectivity index (χ4n) is 1.63. The third-order valence-corrected chi connectivity index (χ3v) is 2.55. The second kappa shape index (κ2) is 4.84. The highest BCUT2D eigenvalue weighted by Gasteiger charge is 2.20. The molecule has 1 aliphatic heterocycles. The predicted octanol–water partition coefficient (Wildman–Crippen LogP) is 2.42. The van der Waals surface area contributed by atoms with Gasteiger partial charge in [0.05, 0.1) is 12.2 Å². The number of carbonyl (C=O) groups excluding carboxylic acids is 1. The molecule has 1 aromatic carbocycles. The first-order chi connectivity index (χ1) is 7.77. The molecule has 0 radical (unpaired) electrons. The SMILES string of the molecule is CC1=C(C(=O)OCc2ccccc2)CCO1. The molecule has 0 N–H and O–H groups in total. The second-order valence-corrected chi connectivity index (χ2v) is 3.69. The van der Waals surface area contributed by atoms with E-state index in [1.807, 2.05) is 30.3 Å². The van der Waals surface area contributed by atoms with Gasteiger partial charge >= 0.3 is 5.97 Å². The molecule has 3 heteroatoms. The molecule has 16 heavy (non-hydrogen) atoms. The van der Waals surface area contributed by atoms with Crippen molar-refractivity contribution in [3.05, 3.63) is 47.2 Å². The van der Waals surface area contributed by atoms with Crippen LogP contribution in [-0.2, 0) is 20.9 Å². The van der Waals surface area contributed by atoms with Gasteiger partial charge in [-0.05, 0) is 12.5 Å². The molecule has 0 bridgehead atoms. The third kappa shape index (κ3) is 2.42. The number of allylic oxidation sites excluding steroid dienone is 1. The minimum absolute atomic E-state index is 0.265. The van der Waals surface area contributed by atoms with Crippen molar-refractivity contribution in [2.75, 3.05) is 6.61 Å². The molecule has 0 atom stereocenters. The van der Waals surface area contributed by atoms with Crippen LogP contribution < -0.4 is 0 Å². The number of carbonyl (C=O) groups is 1. The quantitative estimate of drug-likeness (QED) is 0.731. The summed E-state index contributed by atoms with van der Waals surface area (Å²) in [6, 6.07) is 9.64. The molecule has 0 spiro atoms. The van der Waals surface area contributed by atoms with E-state index in [9.17, 15) is 4.79 Å². The maximum absolute atomic E-state index is 11.7. The Morgan fingerprint density at radius 1 is 1.38 bits per heavy atom. The third-order valence-electron chi connectivity index (χ3n) is 2.55. The molecule has 0 aromatic heterocycles. The lowest BCUT2D eigenvalue weighted by molar-refractivity contribution is -0.140. The van der Waals surface area contributed by atoms with Crippen LogP contribution in [0.1, 0.15) is 18.9 Å². The van der Waals surface area contributed by atoms with E-state index in [4.69, 9.17) is 9.47 Å². The van der Waals surface area contributed by atoms with Gasteiger partial charge < -0.3 is 9.47 Å². The molecule has 84 valence electrons. The summed E-state index contributed by atoms with van der Waals surface area (Å²) in [6.07, 6.45) is 0.652. The molecule has 0 aliphatic carbocycles. The average molecular weight is 218 g/mol. The summed E-state index contributed by atoms with van der Waals surface area (Å²) in [5.74, 6) is 0.428. The lowest BCUT2D eigenvalue weighted by Gasteiger charge is -2.05. The van der Waals surface area contributed by atoms with Crippen LogP contribution in [0, 0.1) is 0 Å². The molecule has 1 heterocycles. The minimum Gasteiger partial charge on any atom is -0.497 e. The standard InChI is InChI=1S/C13H14O3/c1-10-12(7-8-15-10)13(14)16-9-11-5-3-2-4-6-11/h2-6H,7-9H2,1H3. The predicted molar refractivity (Wildman–Crippen MR) is 59.5 cm³/mol. The van der Waals surface area contributed by atoms with E-state index in [-0.39, 0.29) is 5.97 Å². The Hall–Kier alpha value is -1.77. The number of benzene rings is 1. The van der Waals surface area contributed by atoms with Crippen LogP contribution in [0.15, 0.2) is 41.7 Å². The lowest BCUT2D eigenvalue weighted by Crippen LogP contribution is -2.07.